The van der Waals surface area contributed by atoms with E-state index in [0.29, 0.717) is 11.5 Å². The summed E-state index contributed by atoms with van der Waals surface area (Å²) >= 11 is 1.94. The molecule has 1 saturated heterocycles. The van der Waals surface area contributed by atoms with Gasteiger partial charge in [-0.2, -0.15) is 11.8 Å². The van der Waals surface area contributed by atoms with Gasteiger partial charge in [0, 0.05) is 24.1 Å². The lowest BCUT2D eigenvalue weighted by atomic mass is 9.78. The molecule has 2 unspecified atom stereocenters. The molecule has 1 heterocycles. The molecule has 0 aromatic rings. The highest BCUT2D eigenvalue weighted by Crippen LogP contribution is 2.38. The van der Waals surface area contributed by atoms with Crippen molar-refractivity contribution < 1.29 is 4.74 Å². The van der Waals surface area contributed by atoms with E-state index in [9.17, 15) is 0 Å². The van der Waals surface area contributed by atoms with Gasteiger partial charge in [0.25, 0.3) is 0 Å². The summed E-state index contributed by atoms with van der Waals surface area (Å²) in [6.45, 7) is 10.9. The second kappa shape index (κ2) is 5.74. The van der Waals surface area contributed by atoms with Crippen LogP contribution in [0.25, 0.3) is 0 Å². The van der Waals surface area contributed by atoms with Crippen LogP contribution in [0.5, 0.6) is 0 Å². The van der Waals surface area contributed by atoms with E-state index in [1.54, 1.807) is 0 Å². The van der Waals surface area contributed by atoms with Gasteiger partial charge in [-0.1, -0.05) is 0 Å². The predicted octanol–water partition coefficient (Wildman–Crippen LogP) is 2.92. The maximum atomic E-state index is 5.78. The summed E-state index contributed by atoms with van der Waals surface area (Å²) in [6.07, 6.45) is 5.05. The van der Waals surface area contributed by atoms with Gasteiger partial charge in [0.2, 0.25) is 0 Å². The summed E-state index contributed by atoms with van der Waals surface area (Å²) in [5, 5.41) is 3.65. The third kappa shape index (κ3) is 3.94. The fourth-order valence-corrected chi connectivity index (χ4v) is 2.82. The topological polar surface area (TPSA) is 21.3 Å². The highest BCUT2D eigenvalue weighted by Gasteiger charge is 2.41. The largest absolute Gasteiger partial charge is 0.378 e. The Morgan fingerprint density at radius 2 is 2.12 bits per heavy atom. The molecule has 0 aromatic carbocycles. The van der Waals surface area contributed by atoms with E-state index < -0.39 is 0 Å². The molecule has 1 aliphatic heterocycles. The molecule has 1 fully saturated rings. The average Bonchev–Trinajstić information content (AvgIpc) is 2.54. The first-order valence-corrected chi connectivity index (χ1v) is 7.65. The Hall–Kier alpha value is 0.270. The van der Waals surface area contributed by atoms with Gasteiger partial charge in [0.1, 0.15) is 0 Å². The molecule has 0 spiro atoms. The zero-order valence-electron chi connectivity index (χ0n) is 11.4. The molecule has 2 nitrogen and oxygen atoms in total. The molecule has 16 heavy (non-hydrogen) atoms. The third-order valence-corrected chi connectivity index (χ3v) is 4.22. The number of hydrogen-bond acceptors (Lipinski definition) is 3. The molecule has 0 aromatic heterocycles. The third-order valence-electron chi connectivity index (χ3n) is 3.61. The van der Waals surface area contributed by atoms with Gasteiger partial charge in [-0.05, 0) is 52.5 Å². The molecular weight excluding hydrogens is 218 g/mol. The van der Waals surface area contributed by atoms with E-state index in [2.05, 4.69) is 39.3 Å². The lowest BCUT2D eigenvalue weighted by Crippen LogP contribution is -2.47. The van der Waals surface area contributed by atoms with Gasteiger partial charge in [0.05, 0.1) is 6.10 Å². The number of ether oxygens (including phenoxy) is 1. The Morgan fingerprint density at radius 3 is 2.56 bits per heavy atom. The second-order valence-corrected chi connectivity index (χ2v) is 6.96. The van der Waals surface area contributed by atoms with Crippen molar-refractivity contribution in [3.05, 3.63) is 0 Å². The van der Waals surface area contributed by atoms with Crippen molar-refractivity contribution in [3.8, 4) is 0 Å². The van der Waals surface area contributed by atoms with E-state index in [-0.39, 0.29) is 5.54 Å². The van der Waals surface area contributed by atoms with Crippen LogP contribution in [0, 0.1) is 5.41 Å². The van der Waals surface area contributed by atoms with E-state index in [1.165, 1.54) is 18.6 Å². The molecule has 3 heteroatoms. The highest BCUT2D eigenvalue weighted by molar-refractivity contribution is 7.98. The Labute approximate surface area is 105 Å². The number of rotatable bonds is 5. The highest BCUT2D eigenvalue weighted by atomic mass is 32.2. The summed E-state index contributed by atoms with van der Waals surface area (Å²) in [7, 11) is 0. The van der Waals surface area contributed by atoms with Crippen LogP contribution in [0.4, 0.5) is 0 Å². The zero-order valence-corrected chi connectivity index (χ0v) is 12.2. The van der Waals surface area contributed by atoms with Crippen LogP contribution < -0.4 is 5.32 Å². The van der Waals surface area contributed by atoms with Crippen LogP contribution in [-0.2, 0) is 4.74 Å². The van der Waals surface area contributed by atoms with E-state index in [4.69, 9.17) is 4.74 Å². The van der Waals surface area contributed by atoms with Crippen molar-refractivity contribution in [1.82, 2.24) is 5.32 Å². The summed E-state index contributed by atoms with van der Waals surface area (Å²) in [4.78, 5) is 0. The molecule has 1 N–H and O–H groups in total. The lowest BCUT2D eigenvalue weighted by molar-refractivity contribution is 0.0583. The number of nitrogens with one attached hydrogen (secondary N) is 1. The average molecular weight is 245 g/mol. The molecule has 0 bridgehead atoms. The Bertz CT molecular complexity index is 214. The molecule has 2 atom stereocenters. The SMILES string of the molecule is CSCCC1(CNC(C)(C)C)CCOC1C. The minimum atomic E-state index is 0.203. The van der Waals surface area contributed by atoms with Crippen LogP contribution in [0.1, 0.15) is 40.5 Å². The van der Waals surface area contributed by atoms with Gasteiger partial charge < -0.3 is 10.1 Å². The number of hydrogen-bond donors (Lipinski definition) is 1. The first kappa shape index (κ1) is 14.3. The predicted molar refractivity (Wildman–Crippen MR) is 73.2 cm³/mol. The van der Waals surface area contributed by atoms with E-state index in [0.717, 1.165) is 13.2 Å². The van der Waals surface area contributed by atoms with Crippen molar-refractivity contribution in [2.45, 2.75) is 52.2 Å². The van der Waals surface area contributed by atoms with E-state index >= 15 is 0 Å². The van der Waals surface area contributed by atoms with Crippen LogP contribution in [0.3, 0.4) is 0 Å². The lowest BCUT2D eigenvalue weighted by Gasteiger charge is -2.35. The normalized spacial score (nSPS) is 30.9. The Morgan fingerprint density at radius 1 is 1.44 bits per heavy atom. The van der Waals surface area contributed by atoms with Gasteiger partial charge in [0.15, 0.2) is 0 Å². The summed E-state index contributed by atoms with van der Waals surface area (Å²) in [5.74, 6) is 1.24. The maximum Gasteiger partial charge on any atom is 0.0616 e. The van der Waals surface area contributed by atoms with Crippen molar-refractivity contribution in [3.63, 3.8) is 0 Å². The molecule has 0 radical (unpaired) electrons. The Kier molecular flexibility index (Phi) is 5.14. The molecule has 0 saturated carbocycles. The molecule has 0 amide bonds. The van der Waals surface area contributed by atoms with Crippen molar-refractivity contribution >= 4 is 11.8 Å². The fraction of sp³-hybridized carbons (Fsp3) is 1.00. The molecule has 0 aliphatic carbocycles. The standard InChI is InChI=1S/C13H27NOS/c1-11-13(6-8-15-11,7-9-16-5)10-14-12(2,3)4/h11,14H,6-10H2,1-5H3. The van der Waals surface area contributed by atoms with Gasteiger partial charge >= 0.3 is 0 Å². The van der Waals surface area contributed by atoms with Gasteiger partial charge in [-0.3, -0.25) is 0 Å². The van der Waals surface area contributed by atoms with Crippen LogP contribution in [0.2, 0.25) is 0 Å². The monoisotopic (exact) mass is 245 g/mol. The first-order valence-electron chi connectivity index (χ1n) is 6.25. The van der Waals surface area contributed by atoms with Crippen molar-refractivity contribution in [1.29, 1.82) is 0 Å². The quantitative estimate of drug-likeness (QED) is 0.805. The van der Waals surface area contributed by atoms with Gasteiger partial charge in [-0.15, -0.1) is 0 Å². The Balaban J connectivity index is 2.57. The van der Waals surface area contributed by atoms with Crippen LogP contribution in [0.15, 0.2) is 0 Å². The maximum absolute atomic E-state index is 5.78. The van der Waals surface area contributed by atoms with E-state index in [1.807, 2.05) is 11.8 Å². The second-order valence-electron chi connectivity index (χ2n) is 5.97. The smallest absolute Gasteiger partial charge is 0.0616 e. The fourth-order valence-electron chi connectivity index (χ4n) is 2.21. The first-order chi connectivity index (χ1) is 7.40. The molecular formula is C13H27NOS. The van der Waals surface area contributed by atoms with Crippen molar-refractivity contribution in [2.24, 2.45) is 5.41 Å². The van der Waals surface area contributed by atoms with Crippen LogP contribution >= 0.6 is 11.8 Å². The van der Waals surface area contributed by atoms with Crippen molar-refractivity contribution in [2.75, 3.05) is 25.2 Å². The summed E-state index contributed by atoms with van der Waals surface area (Å²) in [5.41, 5.74) is 0.560. The molecule has 1 aliphatic rings. The minimum absolute atomic E-state index is 0.203. The van der Waals surface area contributed by atoms with Crippen LogP contribution in [-0.4, -0.2) is 36.8 Å². The zero-order chi connectivity index (χ0) is 12.2. The number of thioether (sulfide) groups is 1. The van der Waals surface area contributed by atoms with Gasteiger partial charge in [-0.25, -0.2) is 0 Å². The summed E-state index contributed by atoms with van der Waals surface area (Å²) in [6, 6.07) is 0. The molecule has 1 rings (SSSR count). The minimum Gasteiger partial charge on any atom is -0.378 e. The molecule has 96 valence electrons. The summed E-state index contributed by atoms with van der Waals surface area (Å²) < 4.78 is 5.78.